The molecule has 0 radical (unpaired) electrons. The van der Waals surface area contributed by atoms with Gasteiger partial charge in [-0.25, -0.2) is 0 Å². The third-order valence-electron chi connectivity index (χ3n) is 3.85. The van der Waals surface area contributed by atoms with Crippen LogP contribution in [0.25, 0.3) is 10.8 Å². The predicted octanol–water partition coefficient (Wildman–Crippen LogP) is 5.23. The highest BCUT2D eigenvalue weighted by Gasteiger charge is 2.35. The third kappa shape index (κ3) is 4.10. The minimum absolute atomic E-state index is 0.340. The molecular weight excluding hydrogens is 323 g/mol. The maximum absolute atomic E-state index is 13.1. The summed E-state index contributed by atoms with van der Waals surface area (Å²) in [6, 6.07) is 11.9. The predicted molar refractivity (Wildman–Crippen MR) is 102 cm³/mol. The second-order valence-electron chi connectivity index (χ2n) is 5.57. The van der Waals surface area contributed by atoms with Gasteiger partial charge in [-0.1, -0.05) is 43.7 Å². The molecule has 0 saturated carbocycles. The van der Waals surface area contributed by atoms with Gasteiger partial charge in [0.1, 0.15) is 5.78 Å². The van der Waals surface area contributed by atoms with Crippen molar-refractivity contribution in [1.29, 1.82) is 0 Å². The van der Waals surface area contributed by atoms with Gasteiger partial charge in [-0.3, -0.25) is 4.57 Å². The average Bonchev–Trinajstić information content (AvgIpc) is 2.57. The highest BCUT2D eigenvalue weighted by molar-refractivity contribution is 7.54. The molecule has 0 aliphatic rings. The van der Waals surface area contributed by atoms with E-state index in [0.29, 0.717) is 25.3 Å². The van der Waals surface area contributed by atoms with Crippen LogP contribution >= 0.6 is 7.60 Å². The minimum Gasteiger partial charge on any atom is -0.397 e. The Hall–Kier alpha value is -1.55. The van der Waals surface area contributed by atoms with Gasteiger partial charge < -0.3 is 20.1 Å². The van der Waals surface area contributed by atoms with Crippen LogP contribution in [0.3, 0.4) is 0 Å². The molecule has 3 N–H and O–H groups in total. The molecule has 0 heterocycles. The van der Waals surface area contributed by atoms with Crippen LogP contribution in [0.5, 0.6) is 0 Å². The van der Waals surface area contributed by atoms with Crippen molar-refractivity contribution < 1.29 is 13.6 Å². The summed E-state index contributed by atoms with van der Waals surface area (Å²) in [5.74, 6) is -0.425. The Bertz CT molecular complexity index is 710. The van der Waals surface area contributed by atoms with Gasteiger partial charge in [0.05, 0.1) is 24.6 Å². The molecule has 6 heteroatoms. The summed E-state index contributed by atoms with van der Waals surface area (Å²) in [4.78, 5) is 0. The van der Waals surface area contributed by atoms with E-state index >= 15 is 0 Å². The molecule has 0 fully saturated rings. The highest BCUT2D eigenvalue weighted by atomic mass is 31.2. The lowest BCUT2D eigenvalue weighted by molar-refractivity contribution is 0.212. The topological polar surface area (TPSA) is 73.6 Å². The van der Waals surface area contributed by atoms with Crippen LogP contribution < -0.4 is 11.1 Å². The van der Waals surface area contributed by atoms with Crippen molar-refractivity contribution in [3.8, 4) is 0 Å². The fourth-order valence-electron chi connectivity index (χ4n) is 2.76. The molecule has 2 aromatic carbocycles. The first kappa shape index (κ1) is 18.8. The van der Waals surface area contributed by atoms with Gasteiger partial charge >= 0.3 is 7.60 Å². The fourth-order valence-corrected chi connectivity index (χ4v) is 4.79. The van der Waals surface area contributed by atoms with E-state index in [4.69, 9.17) is 14.8 Å². The van der Waals surface area contributed by atoms with Crippen LogP contribution in [-0.4, -0.2) is 19.0 Å². The van der Waals surface area contributed by atoms with Crippen LogP contribution in [0.1, 0.15) is 33.6 Å². The Balaban J connectivity index is 2.36. The number of nitrogens with one attached hydrogen (secondary N) is 1. The molecule has 0 aliphatic heterocycles. The van der Waals surface area contributed by atoms with Crippen molar-refractivity contribution in [3.05, 3.63) is 36.4 Å². The van der Waals surface area contributed by atoms with E-state index in [9.17, 15) is 4.57 Å². The first-order valence-electron chi connectivity index (χ1n) is 8.48. The summed E-state index contributed by atoms with van der Waals surface area (Å²) in [6.45, 7) is 6.36. The molecule has 0 bridgehead atoms. The largest absolute Gasteiger partial charge is 0.397 e. The number of anilines is 2. The van der Waals surface area contributed by atoms with Crippen molar-refractivity contribution >= 4 is 29.7 Å². The van der Waals surface area contributed by atoms with Crippen LogP contribution in [-0.2, 0) is 13.6 Å². The van der Waals surface area contributed by atoms with E-state index < -0.39 is 13.4 Å². The fraction of sp³-hybridized carbons (Fsp3) is 0.444. The maximum atomic E-state index is 13.1. The van der Waals surface area contributed by atoms with E-state index in [1.807, 2.05) is 57.2 Å². The summed E-state index contributed by atoms with van der Waals surface area (Å²) in [7, 11) is -3.26. The van der Waals surface area contributed by atoms with Gasteiger partial charge in [0, 0.05) is 5.39 Å². The van der Waals surface area contributed by atoms with E-state index in [2.05, 4.69) is 5.32 Å². The van der Waals surface area contributed by atoms with Crippen molar-refractivity contribution in [1.82, 2.24) is 0 Å². The normalized spacial score (nSPS) is 13.1. The lowest BCUT2D eigenvalue weighted by Crippen LogP contribution is -2.23. The number of fused-ring (bicyclic) bond motifs is 1. The van der Waals surface area contributed by atoms with Gasteiger partial charge in [0.15, 0.2) is 0 Å². The second kappa shape index (κ2) is 8.52. The summed E-state index contributed by atoms with van der Waals surface area (Å²) in [5.41, 5.74) is 7.72. The summed E-state index contributed by atoms with van der Waals surface area (Å²) < 4.78 is 24.2. The Morgan fingerprint density at radius 3 is 2.38 bits per heavy atom. The molecule has 132 valence electrons. The number of nitrogen functional groups attached to an aromatic ring is 1. The van der Waals surface area contributed by atoms with E-state index in [0.717, 1.165) is 22.9 Å². The Morgan fingerprint density at radius 2 is 1.75 bits per heavy atom. The number of hydrogen-bond acceptors (Lipinski definition) is 5. The second-order valence-corrected chi connectivity index (χ2v) is 7.79. The SMILES string of the molecule is CCCC(Nc1ccc2ccccc2c1N)P(=O)(OCC)OCC. The van der Waals surface area contributed by atoms with E-state index in [1.54, 1.807) is 0 Å². The number of rotatable bonds is 9. The zero-order valence-electron chi connectivity index (χ0n) is 14.6. The van der Waals surface area contributed by atoms with Gasteiger partial charge in [-0.15, -0.1) is 0 Å². The first-order valence-corrected chi connectivity index (χ1v) is 10.1. The first-order chi connectivity index (χ1) is 11.6. The minimum atomic E-state index is -3.26. The van der Waals surface area contributed by atoms with Crippen molar-refractivity contribution in [2.45, 2.75) is 39.4 Å². The lowest BCUT2D eigenvalue weighted by atomic mass is 10.1. The molecule has 5 nitrogen and oxygen atoms in total. The van der Waals surface area contributed by atoms with Crippen molar-refractivity contribution in [2.75, 3.05) is 24.3 Å². The molecule has 2 aromatic rings. The molecule has 0 amide bonds. The summed E-state index contributed by atoms with van der Waals surface area (Å²) in [5, 5.41) is 5.36. The molecule has 0 saturated heterocycles. The molecule has 1 atom stereocenters. The Kier molecular flexibility index (Phi) is 6.67. The number of benzene rings is 2. The van der Waals surface area contributed by atoms with Gasteiger partial charge in [0.2, 0.25) is 0 Å². The quantitative estimate of drug-likeness (QED) is 0.479. The number of hydrogen-bond donors (Lipinski definition) is 2. The highest BCUT2D eigenvalue weighted by Crippen LogP contribution is 2.54. The van der Waals surface area contributed by atoms with Crippen molar-refractivity contribution in [2.24, 2.45) is 0 Å². The lowest BCUT2D eigenvalue weighted by Gasteiger charge is -2.28. The zero-order valence-corrected chi connectivity index (χ0v) is 15.5. The molecule has 0 aliphatic carbocycles. The standard InChI is InChI=1S/C18H27N2O3P/c1-4-9-17(24(21,22-5-2)23-6-3)20-16-13-12-14-10-7-8-11-15(14)18(16)19/h7-8,10-13,17,20H,4-6,9,19H2,1-3H3. The Labute approximate surface area is 144 Å². The van der Waals surface area contributed by atoms with Crippen LogP contribution in [0.2, 0.25) is 0 Å². The van der Waals surface area contributed by atoms with Gasteiger partial charge in [-0.05, 0) is 31.7 Å². The molecule has 24 heavy (non-hydrogen) atoms. The maximum Gasteiger partial charge on any atom is 0.352 e. The van der Waals surface area contributed by atoms with Crippen molar-refractivity contribution in [3.63, 3.8) is 0 Å². The van der Waals surface area contributed by atoms with Gasteiger partial charge in [-0.2, -0.15) is 0 Å². The molecule has 0 aromatic heterocycles. The summed E-state index contributed by atoms with van der Waals surface area (Å²) >= 11 is 0. The monoisotopic (exact) mass is 350 g/mol. The summed E-state index contributed by atoms with van der Waals surface area (Å²) in [6.07, 6.45) is 1.53. The molecule has 1 unspecified atom stereocenters. The van der Waals surface area contributed by atoms with Crippen LogP contribution in [0.15, 0.2) is 36.4 Å². The molecule has 0 spiro atoms. The molecular formula is C18H27N2O3P. The van der Waals surface area contributed by atoms with Crippen LogP contribution in [0, 0.1) is 0 Å². The van der Waals surface area contributed by atoms with Crippen LogP contribution in [0.4, 0.5) is 11.4 Å². The van der Waals surface area contributed by atoms with E-state index in [-0.39, 0.29) is 0 Å². The van der Waals surface area contributed by atoms with E-state index in [1.165, 1.54) is 0 Å². The smallest absolute Gasteiger partial charge is 0.352 e. The number of nitrogens with two attached hydrogens (primary N) is 1. The molecule has 2 rings (SSSR count). The Morgan fingerprint density at radius 1 is 1.08 bits per heavy atom. The average molecular weight is 350 g/mol. The third-order valence-corrected chi connectivity index (χ3v) is 6.24. The zero-order chi connectivity index (χ0) is 17.6. The van der Waals surface area contributed by atoms with Gasteiger partial charge in [0.25, 0.3) is 0 Å².